The smallest absolute Gasteiger partial charge is 0.0607 e. The molecule has 1 aromatic rings. The van der Waals surface area contributed by atoms with Crippen LogP contribution in [0.4, 0.5) is 11.4 Å². The molecule has 0 radical (unpaired) electrons. The zero-order valence-electron chi connectivity index (χ0n) is 9.22. The summed E-state index contributed by atoms with van der Waals surface area (Å²) in [5.41, 5.74) is 5.36. The van der Waals surface area contributed by atoms with E-state index in [4.69, 9.17) is 0 Å². The molecule has 0 saturated carbocycles. The highest BCUT2D eigenvalue weighted by Gasteiger charge is 2.13. The minimum absolute atomic E-state index is 1.08. The number of benzene rings is 1. The van der Waals surface area contributed by atoms with Gasteiger partial charge >= 0.3 is 0 Å². The van der Waals surface area contributed by atoms with Crippen molar-refractivity contribution in [2.45, 2.75) is 20.3 Å². The van der Waals surface area contributed by atoms with E-state index in [1.54, 1.807) is 0 Å². The molecule has 2 heteroatoms. The van der Waals surface area contributed by atoms with Gasteiger partial charge < -0.3 is 10.2 Å². The summed E-state index contributed by atoms with van der Waals surface area (Å²) in [6, 6.07) is 4.51. The Bertz CT molecular complexity index is 344. The lowest BCUT2D eigenvalue weighted by atomic mass is 10.1. The molecule has 0 bridgehead atoms. The lowest BCUT2D eigenvalue weighted by Crippen LogP contribution is -2.17. The van der Waals surface area contributed by atoms with E-state index >= 15 is 0 Å². The SMILES string of the molecule is Cc1cc(C)c2c(c1)N(C)CCCN2. The molecule has 0 fully saturated rings. The van der Waals surface area contributed by atoms with Crippen molar-refractivity contribution in [2.75, 3.05) is 30.4 Å². The minimum atomic E-state index is 1.08. The van der Waals surface area contributed by atoms with Gasteiger partial charge in [0.25, 0.3) is 0 Å². The fraction of sp³-hybridized carbons (Fsp3) is 0.500. The predicted octanol–water partition coefficient (Wildman–Crippen LogP) is 2.56. The molecule has 2 nitrogen and oxygen atoms in total. The fourth-order valence-corrected chi connectivity index (χ4v) is 2.13. The first-order valence-electron chi connectivity index (χ1n) is 5.25. The monoisotopic (exact) mass is 190 g/mol. The summed E-state index contributed by atoms with van der Waals surface area (Å²) in [6.07, 6.45) is 1.21. The molecular weight excluding hydrogens is 172 g/mol. The highest BCUT2D eigenvalue weighted by Crippen LogP contribution is 2.31. The zero-order chi connectivity index (χ0) is 10.1. The highest BCUT2D eigenvalue weighted by atomic mass is 15.1. The van der Waals surface area contributed by atoms with Crippen LogP contribution in [-0.4, -0.2) is 20.1 Å². The van der Waals surface area contributed by atoms with Crippen LogP contribution < -0.4 is 10.2 Å². The third-order valence-electron chi connectivity index (χ3n) is 2.84. The van der Waals surface area contributed by atoms with Gasteiger partial charge in [-0.15, -0.1) is 0 Å². The minimum Gasteiger partial charge on any atom is -0.383 e. The van der Waals surface area contributed by atoms with Crippen LogP contribution in [0.3, 0.4) is 0 Å². The Hall–Kier alpha value is -1.18. The van der Waals surface area contributed by atoms with Gasteiger partial charge in [0.1, 0.15) is 0 Å². The maximum Gasteiger partial charge on any atom is 0.0607 e. The molecular formula is C12H18N2. The Morgan fingerprint density at radius 3 is 2.86 bits per heavy atom. The lowest BCUT2D eigenvalue weighted by Gasteiger charge is -2.20. The van der Waals surface area contributed by atoms with Crippen molar-refractivity contribution in [3.63, 3.8) is 0 Å². The maximum absolute atomic E-state index is 3.51. The van der Waals surface area contributed by atoms with Crippen LogP contribution in [0.25, 0.3) is 0 Å². The van der Waals surface area contributed by atoms with E-state index in [9.17, 15) is 0 Å². The fourth-order valence-electron chi connectivity index (χ4n) is 2.13. The molecule has 1 N–H and O–H groups in total. The normalized spacial score (nSPS) is 15.8. The second-order valence-corrected chi connectivity index (χ2v) is 4.18. The van der Waals surface area contributed by atoms with E-state index in [1.807, 2.05) is 0 Å². The van der Waals surface area contributed by atoms with Crippen LogP contribution in [0.1, 0.15) is 17.5 Å². The Morgan fingerprint density at radius 1 is 1.29 bits per heavy atom. The van der Waals surface area contributed by atoms with Crippen LogP contribution in [0.15, 0.2) is 12.1 Å². The van der Waals surface area contributed by atoms with Crippen molar-refractivity contribution in [1.82, 2.24) is 0 Å². The van der Waals surface area contributed by atoms with Gasteiger partial charge in [-0.2, -0.15) is 0 Å². The Labute approximate surface area is 85.9 Å². The quantitative estimate of drug-likeness (QED) is 0.676. The van der Waals surface area contributed by atoms with Crippen molar-refractivity contribution in [1.29, 1.82) is 0 Å². The average molecular weight is 190 g/mol. The number of fused-ring (bicyclic) bond motifs is 1. The summed E-state index contributed by atoms with van der Waals surface area (Å²) in [5, 5.41) is 3.51. The number of nitrogens with zero attached hydrogens (tertiary/aromatic N) is 1. The van der Waals surface area contributed by atoms with Gasteiger partial charge in [-0.05, 0) is 37.5 Å². The predicted molar refractivity (Wildman–Crippen MR) is 62.3 cm³/mol. The van der Waals surface area contributed by atoms with Crippen molar-refractivity contribution in [3.8, 4) is 0 Å². The van der Waals surface area contributed by atoms with Crippen molar-refractivity contribution in [2.24, 2.45) is 0 Å². The molecule has 76 valence electrons. The van der Waals surface area contributed by atoms with Gasteiger partial charge in [-0.25, -0.2) is 0 Å². The van der Waals surface area contributed by atoms with Crippen LogP contribution in [0.5, 0.6) is 0 Å². The molecule has 0 aliphatic carbocycles. The molecule has 0 aromatic heterocycles. The molecule has 2 rings (SSSR count). The van der Waals surface area contributed by atoms with E-state index in [-0.39, 0.29) is 0 Å². The number of rotatable bonds is 0. The lowest BCUT2D eigenvalue weighted by molar-refractivity contribution is 0.837. The number of anilines is 2. The molecule has 1 aliphatic heterocycles. The van der Waals surface area contributed by atoms with Gasteiger partial charge in [0.2, 0.25) is 0 Å². The summed E-state index contributed by atoms with van der Waals surface area (Å²) < 4.78 is 0. The van der Waals surface area contributed by atoms with E-state index in [0.717, 1.165) is 13.1 Å². The third kappa shape index (κ3) is 1.57. The molecule has 0 amide bonds. The molecule has 0 atom stereocenters. The zero-order valence-corrected chi connectivity index (χ0v) is 9.22. The molecule has 1 aromatic carbocycles. The molecule has 0 saturated heterocycles. The number of aryl methyl sites for hydroxylation is 2. The first-order chi connectivity index (χ1) is 6.68. The molecule has 1 aliphatic rings. The Kier molecular flexibility index (Phi) is 2.36. The summed E-state index contributed by atoms with van der Waals surface area (Å²) in [5.74, 6) is 0. The number of hydrogen-bond donors (Lipinski definition) is 1. The summed E-state index contributed by atoms with van der Waals surface area (Å²) in [4.78, 5) is 2.34. The topological polar surface area (TPSA) is 15.3 Å². The highest BCUT2D eigenvalue weighted by molar-refractivity contribution is 5.74. The van der Waals surface area contributed by atoms with E-state index in [0.29, 0.717) is 0 Å². The van der Waals surface area contributed by atoms with E-state index < -0.39 is 0 Å². The van der Waals surface area contributed by atoms with Crippen LogP contribution in [-0.2, 0) is 0 Å². The van der Waals surface area contributed by atoms with Crippen LogP contribution in [0.2, 0.25) is 0 Å². The Morgan fingerprint density at radius 2 is 2.07 bits per heavy atom. The largest absolute Gasteiger partial charge is 0.383 e. The average Bonchev–Trinajstić information content (AvgIpc) is 2.29. The Balaban J connectivity index is 2.53. The second-order valence-electron chi connectivity index (χ2n) is 4.18. The van der Waals surface area contributed by atoms with Crippen LogP contribution >= 0.6 is 0 Å². The molecule has 1 heterocycles. The molecule has 0 spiro atoms. The van der Waals surface area contributed by atoms with Crippen LogP contribution in [0, 0.1) is 13.8 Å². The third-order valence-corrected chi connectivity index (χ3v) is 2.84. The van der Waals surface area contributed by atoms with Gasteiger partial charge in [-0.3, -0.25) is 0 Å². The summed E-state index contributed by atoms with van der Waals surface area (Å²) >= 11 is 0. The van der Waals surface area contributed by atoms with Gasteiger partial charge in [-0.1, -0.05) is 6.07 Å². The molecule has 14 heavy (non-hydrogen) atoms. The molecule has 0 unspecified atom stereocenters. The second kappa shape index (κ2) is 3.52. The van der Waals surface area contributed by atoms with Crippen molar-refractivity contribution in [3.05, 3.63) is 23.3 Å². The van der Waals surface area contributed by atoms with Gasteiger partial charge in [0, 0.05) is 20.1 Å². The maximum atomic E-state index is 3.51. The first kappa shape index (κ1) is 9.38. The number of hydrogen-bond acceptors (Lipinski definition) is 2. The van der Waals surface area contributed by atoms with Crippen molar-refractivity contribution >= 4 is 11.4 Å². The standard InChI is InChI=1S/C12H18N2/c1-9-7-10(2)12-11(8-9)14(3)6-4-5-13-12/h7-8,13H,4-6H2,1-3H3. The van der Waals surface area contributed by atoms with E-state index in [1.165, 1.54) is 28.9 Å². The summed E-state index contributed by atoms with van der Waals surface area (Å²) in [6.45, 7) is 6.56. The van der Waals surface area contributed by atoms with E-state index in [2.05, 4.69) is 43.2 Å². The summed E-state index contributed by atoms with van der Waals surface area (Å²) in [7, 11) is 2.17. The van der Waals surface area contributed by atoms with Gasteiger partial charge in [0.15, 0.2) is 0 Å². The number of nitrogens with one attached hydrogen (secondary N) is 1. The first-order valence-corrected chi connectivity index (χ1v) is 5.25. The van der Waals surface area contributed by atoms with Gasteiger partial charge in [0.05, 0.1) is 11.4 Å². The van der Waals surface area contributed by atoms with Crippen molar-refractivity contribution < 1.29 is 0 Å².